The summed E-state index contributed by atoms with van der Waals surface area (Å²) in [6, 6.07) is 4.78. The van der Waals surface area contributed by atoms with Crippen molar-refractivity contribution in [3.63, 3.8) is 0 Å². The van der Waals surface area contributed by atoms with Gasteiger partial charge in [-0.05, 0) is 43.4 Å². The number of nitrogens with one attached hydrogen (secondary N) is 1. The molecule has 0 radical (unpaired) electrons. The van der Waals surface area contributed by atoms with Gasteiger partial charge in [-0.2, -0.15) is 0 Å². The van der Waals surface area contributed by atoms with Crippen LogP contribution >= 0.6 is 0 Å². The summed E-state index contributed by atoms with van der Waals surface area (Å²) in [7, 11) is 0. The summed E-state index contributed by atoms with van der Waals surface area (Å²) in [5, 5.41) is 15.1. The molecule has 1 aliphatic carbocycles. The monoisotopic (exact) mass is 265 g/mol. The minimum atomic E-state index is -0.391. The first-order valence-corrected chi connectivity index (χ1v) is 6.61. The van der Waals surface area contributed by atoms with Gasteiger partial charge in [-0.1, -0.05) is 17.6 Å². The van der Waals surface area contributed by atoms with Crippen LogP contribution in [-0.2, 0) is 6.54 Å². The van der Waals surface area contributed by atoms with Gasteiger partial charge in [0.05, 0.1) is 0 Å². The van der Waals surface area contributed by atoms with E-state index in [-0.39, 0.29) is 5.84 Å². The van der Waals surface area contributed by atoms with Crippen LogP contribution in [0.5, 0.6) is 0 Å². The number of oxime groups is 1. The lowest BCUT2D eigenvalue weighted by Gasteiger charge is -2.32. The van der Waals surface area contributed by atoms with Gasteiger partial charge in [0.1, 0.15) is 5.82 Å². The largest absolute Gasteiger partial charge is 0.409 e. The van der Waals surface area contributed by atoms with Gasteiger partial charge >= 0.3 is 0 Å². The van der Waals surface area contributed by atoms with Crippen LogP contribution in [0, 0.1) is 11.7 Å². The number of amidine groups is 1. The fourth-order valence-corrected chi connectivity index (χ4v) is 2.37. The Balaban J connectivity index is 2.06. The molecule has 0 aliphatic heterocycles. The molecule has 0 saturated heterocycles. The Kier molecular flexibility index (Phi) is 4.37. The minimum absolute atomic E-state index is 0.0624. The number of hydrogen-bond acceptors (Lipinski definition) is 3. The number of halogens is 1. The molecule has 19 heavy (non-hydrogen) atoms. The molecule has 0 aromatic heterocycles. The quantitative estimate of drug-likeness (QED) is 0.331. The molecule has 4 nitrogen and oxygen atoms in total. The van der Waals surface area contributed by atoms with E-state index in [2.05, 4.69) is 17.4 Å². The van der Waals surface area contributed by atoms with Gasteiger partial charge in [-0.25, -0.2) is 4.39 Å². The van der Waals surface area contributed by atoms with Gasteiger partial charge in [-0.3, -0.25) is 0 Å². The lowest BCUT2D eigenvalue weighted by Crippen LogP contribution is -2.37. The third-order valence-corrected chi connectivity index (χ3v) is 3.93. The Labute approximate surface area is 112 Å². The van der Waals surface area contributed by atoms with Crippen molar-refractivity contribution in [2.75, 3.05) is 0 Å². The van der Waals surface area contributed by atoms with Crippen molar-refractivity contribution in [2.24, 2.45) is 16.8 Å². The molecule has 1 aliphatic rings. The molecule has 1 aromatic rings. The molecule has 0 bridgehead atoms. The molecule has 5 heteroatoms. The molecule has 2 rings (SSSR count). The Morgan fingerprint density at radius 1 is 1.58 bits per heavy atom. The molecule has 1 fully saturated rings. The van der Waals surface area contributed by atoms with Crippen LogP contribution in [0.15, 0.2) is 23.4 Å². The third kappa shape index (κ3) is 3.23. The first-order valence-electron chi connectivity index (χ1n) is 6.61. The van der Waals surface area contributed by atoms with E-state index >= 15 is 0 Å². The van der Waals surface area contributed by atoms with E-state index in [1.54, 1.807) is 6.07 Å². The van der Waals surface area contributed by atoms with E-state index in [9.17, 15) is 4.39 Å². The van der Waals surface area contributed by atoms with Crippen LogP contribution in [0.3, 0.4) is 0 Å². The zero-order valence-corrected chi connectivity index (χ0v) is 11.1. The summed E-state index contributed by atoms with van der Waals surface area (Å²) in [4.78, 5) is 0. The average molecular weight is 265 g/mol. The molecule has 4 N–H and O–H groups in total. The van der Waals surface area contributed by atoms with Crippen molar-refractivity contribution >= 4 is 5.84 Å². The maximum atomic E-state index is 13.2. The lowest BCUT2D eigenvalue weighted by atomic mass is 9.80. The minimum Gasteiger partial charge on any atom is -0.409 e. The van der Waals surface area contributed by atoms with E-state index in [0.29, 0.717) is 18.2 Å². The highest BCUT2D eigenvalue weighted by atomic mass is 19.1. The van der Waals surface area contributed by atoms with Crippen molar-refractivity contribution in [3.05, 3.63) is 35.1 Å². The summed E-state index contributed by atoms with van der Waals surface area (Å²) in [5.74, 6) is 0.276. The van der Waals surface area contributed by atoms with Gasteiger partial charge in [0.2, 0.25) is 0 Å². The smallest absolute Gasteiger partial charge is 0.170 e. The van der Waals surface area contributed by atoms with Gasteiger partial charge in [0.25, 0.3) is 0 Å². The second-order valence-electron chi connectivity index (χ2n) is 5.15. The Hall–Kier alpha value is -1.62. The normalized spacial score (nSPS) is 18.1. The van der Waals surface area contributed by atoms with E-state index in [1.165, 1.54) is 31.4 Å². The molecule has 0 spiro atoms. The van der Waals surface area contributed by atoms with Crippen molar-refractivity contribution < 1.29 is 9.60 Å². The Morgan fingerprint density at radius 3 is 2.89 bits per heavy atom. The fraction of sp³-hybridized carbons (Fsp3) is 0.500. The molecular formula is C14H20FN3O. The first kappa shape index (κ1) is 13.8. The van der Waals surface area contributed by atoms with Crippen LogP contribution in [0.4, 0.5) is 4.39 Å². The summed E-state index contributed by atoms with van der Waals surface area (Å²) >= 11 is 0. The Bertz CT molecular complexity index is 472. The highest BCUT2D eigenvalue weighted by molar-refractivity contribution is 5.98. The molecule has 1 aromatic carbocycles. The maximum Gasteiger partial charge on any atom is 0.170 e. The third-order valence-electron chi connectivity index (χ3n) is 3.93. The summed E-state index contributed by atoms with van der Waals surface area (Å²) in [6.45, 7) is 2.75. The molecule has 1 saturated carbocycles. The zero-order valence-electron chi connectivity index (χ0n) is 11.1. The predicted octanol–water partition coefficient (Wildman–Crippen LogP) is 2.20. The molecule has 1 unspecified atom stereocenters. The topological polar surface area (TPSA) is 70.6 Å². The molecule has 0 heterocycles. The molecule has 104 valence electrons. The highest BCUT2D eigenvalue weighted by Crippen LogP contribution is 2.29. The van der Waals surface area contributed by atoms with Crippen molar-refractivity contribution in [3.8, 4) is 0 Å². The summed E-state index contributed by atoms with van der Waals surface area (Å²) < 4.78 is 13.2. The second kappa shape index (κ2) is 6.02. The van der Waals surface area contributed by atoms with Crippen LogP contribution in [0.1, 0.15) is 37.3 Å². The van der Waals surface area contributed by atoms with Gasteiger partial charge in [-0.15, -0.1) is 0 Å². The van der Waals surface area contributed by atoms with Crippen LogP contribution in [0.25, 0.3) is 0 Å². The summed E-state index contributed by atoms with van der Waals surface area (Å²) in [6.07, 6.45) is 3.85. The first-order chi connectivity index (χ1) is 9.11. The van der Waals surface area contributed by atoms with E-state index in [0.717, 1.165) is 11.5 Å². The lowest BCUT2D eigenvalue weighted by molar-refractivity contribution is 0.240. The number of hydrogen-bond donors (Lipinski definition) is 3. The number of rotatable bonds is 5. The van der Waals surface area contributed by atoms with Gasteiger partial charge in [0.15, 0.2) is 5.84 Å². The average Bonchev–Trinajstić information content (AvgIpc) is 2.34. The number of benzene rings is 1. The number of nitrogens with zero attached hydrogens (tertiary/aromatic N) is 1. The zero-order chi connectivity index (χ0) is 13.8. The molecular weight excluding hydrogens is 245 g/mol. The van der Waals surface area contributed by atoms with Crippen molar-refractivity contribution in [1.82, 2.24) is 5.32 Å². The Morgan fingerprint density at radius 2 is 2.32 bits per heavy atom. The van der Waals surface area contributed by atoms with Crippen molar-refractivity contribution in [1.29, 1.82) is 0 Å². The van der Waals surface area contributed by atoms with E-state index in [4.69, 9.17) is 10.9 Å². The summed E-state index contributed by atoms with van der Waals surface area (Å²) in [5.41, 5.74) is 6.85. The predicted molar refractivity (Wildman–Crippen MR) is 72.6 cm³/mol. The van der Waals surface area contributed by atoms with Crippen LogP contribution in [-0.4, -0.2) is 17.1 Å². The number of nitrogens with two attached hydrogens (primary N) is 1. The maximum absolute atomic E-state index is 13.2. The SMILES string of the molecule is CC(NCc1ccc(F)cc1/C(N)=N/O)C1CCC1. The molecule has 0 amide bonds. The van der Waals surface area contributed by atoms with Crippen molar-refractivity contribution in [2.45, 2.75) is 38.8 Å². The van der Waals surface area contributed by atoms with Crippen LogP contribution in [0.2, 0.25) is 0 Å². The molecule has 1 atom stereocenters. The van der Waals surface area contributed by atoms with Crippen LogP contribution < -0.4 is 11.1 Å². The van der Waals surface area contributed by atoms with Gasteiger partial charge in [0, 0.05) is 18.2 Å². The second-order valence-corrected chi connectivity index (χ2v) is 5.15. The van der Waals surface area contributed by atoms with E-state index < -0.39 is 5.82 Å². The standard InChI is InChI=1S/C14H20FN3O/c1-9(10-3-2-4-10)17-8-11-5-6-12(15)7-13(11)14(16)18-19/h5-7,9-10,17,19H,2-4,8H2,1H3,(H2,16,18). The fourth-order valence-electron chi connectivity index (χ4n) is 2.37. The van der Waals surface area contributed by atoms with Gasteiger partial charge < -0.3 is 16.3 Å². The van der Waals surface area contributed by atoms with E-state index in [1.807, 2.05) is 0 Å². The highest BCUT2D eigenvalue weighted by Gasteiger charge is 2.23.